The highest BCUT2D eigenvalue weighted by Crippen LogP contribution is 2.17. The minimum atomic E-state index is -0.371. The lowest BCUT2D eigenvalue weighted by Gasteiger charge is -2.07. The van der Waals surface area contributed by atoms with Crippen LogP contribution in [0.4, 0.5) is 5.82 Å². The highest BCUT2D eigenvalue weighted by molar-refractivity contribution is 6.01. The molecule has 2 rings (SSSR count). The lowest BCUT2D eigenvalue weighted by atomic mass is 10.2. The summed E-state index contributed by atoms with van der Waals surface area (Å²) in [6.45, 7) is 0.239. The number of aliphatic imine (C=N–C) groups is 1. The standard InChI is InChI=1S/C10H14N4O3/c1-13-8-6(9(16)14(2)10(13)17)5-7(12-8)11-3-4-15/h15H,3-5H2,1-2H3,(H,11,12). The summed E-state index contributed by atoms with van der Waals surface area (Å²) in [6, 6.07) is 0. The molecular weight excluding hydrogens is 224 g/mol. The van der Waals surface area contributed by atoms with Gasteiger partial charge in [-0.05, 0) is 0 Å². The second-order valence-corrected chi connectivity index (χ2v) is 3.89. The minimum Gasteiger partial charge on any atom is -0.394 e. The molecule has 0 radical (unpaired) electrons. The van der Waals surface area contributed by atoms with Gasteiger partial charge in [0, 0.05) is 20.5 Å². The summed E-state index contributed by atoms with van der Waals surface area (Å²) < 4.78 is 2.47. The zero-order chi connectivity index (χ0) is 12.6. The zero-order valence-corrected chi connectivity index (χ0v) is 9.73. The number of aliphatic hydroxyl groups excluding tert-OH is 1. The number of fused-ring (bicyclic) bond motifs is 1. The van der Waals surface area contributed by atoms with Crippen LogP contribution in [0.25, 0.3) is 0 Å². The van der Waals surface area contributed by atoms with Crippen molar-refractivity contribution in [2.24, 2.45) is 19.1 Å². The quantitative estimate of drug-likeness (QED) is 0.652. The Kier molecular flexibility index (Phi) is 2.84. The van der Waals surface area contributed by atoms with E-state index in [0.717, 1.165) is 4.57 Å². The van der Waals surface area contributed by atoms with Crippen LogP contribution in [-0.4, -0.2) is 33.2 Å². The van der Waals surface area contributed by atoms with Gasteiger partial charge < -0.3 is 10.4 Å². The predicted molar refractivity (Wildman–Crippen MR) is 63.6 cm³/mol. The van der Waals surface area contributed by atoms with Crippen molar-refractivity contribution in [1.29, 1.82) is 0 Å². The van der Waals surface area contributed by atoms with Crippen LogP contribution in [0.1, 0.15) is 5.56 Å². The van der Waals surface area contributed by atoms with Gasteiger partial charge in [-0.25, -0.2) is 4.79 Å². The van der Waals surface area contributed by atoms with Crippen molar-refractivity contribution >= 4 is 11.7 Å². The second kappa shape index (κ2) is 4.17. The van der Waals surface area contributed by atoms with Gasteiger partial charge in [-0.3, -0.25) is 18.9 Å². The fraction of sp³-hybridized carbons (Fsp3) is 0.500. The van der Waals surface area contributed by atoms with Gasteiger partial charge in [0.15, 0.2) is 0 Å². The van der Waals surface area contributed by atoms with Gasteiger partial charge in [-0.15, -0.1) is 0 Å². The van der Waals surface area contributed by atoms with E-state index in [4.69, 9.17) is 5.11 Å². The molecule has 7 heteroatoms. The zero-order valence-electron chi connectivity index (χ0n) is 9.73. The van der Waals surface area contributed by atoms with Crippen LogP contribution in [0, 0.1) is 0 Å². The maximum Gasteiger partial charge on any atom is 0.332 e. The van der Waals surface area contributed by atoms with E-state index >= 15 is 0 Å². The summed E-state index contributed by atoms with van der Waals surface area (Å²) in [6.07, 6.45) is 0.371. The molecule has 1 aliphatic rings. The van der Waals surface area contributed by atoms with Gasteiger partial charge >= 0.3 is 5.69 Å². The average molecular weight is 238 g/mol. The average Bonchev–Trinajstić information content (AvgIpc) is 2.75. The van der Waals surface area contributed by atoms with Crippen molar-refractivity contribution in [3.05, 3.63) is 26.4 Å². The van der Waals surface area contributed by atoms with Crippen LogP contribution in [0.5, 0.6) is 0 Å². The van der Waals surface area contributed by atoms with Gasteiger partial charge in [-0.1, -0.05) is 0 Å². The Labute approximate surface area is 97.0 Å². The van der Waals surface area contributed by atoms with E-state index in [1.165, 1.54) is 11.6 Å². The minimum absolute atomic E-state index is 0.0432. The fourth-order valence-corrected chi connectivity index (χ4v) is 1.86. The molecule has 0 aliphatic carbocycles. The number of amidine groups is 1. The molecule has 0 atom stereocenters. The first kappa shape index (κ1) is 11.6. The second-order valence-electron chi connectivity index (χ2n) is 3.89. The Balaban J connectivity index is 2.53. The van der Waals surface area contributed by atoms with Crippen LogP contribution < -0.4 is 16.6 Å². The molecule has 0 spiro atoms. The number of hydrogen-bond acceptors (Lipinski definition) is 4. The summed E-state index contributed by atoms with van der Waals surface area (Å²) in [5.74, 6) is 1.10. The molecule has 0 amide bonds. The summed E-state index contributed by atoms with van der Waals surface area (Å²) >= 11 is 0. The van der Waals surface area contributed by atoms with Gasteiger partial charge in [0.25, 0.3) is 5.56 Å². The first-order valence-electron chi connectivity index (χ1n) is 5.26. The molecule has 92 valence electrons. The molecule has 0 bridgehead atoms. The van der Waals surface area contributed by atoms with Gasteiger partial charge in [0.2, 0.25) is 0 Å². The van der Waals surface area contributed by atoms with Crippen LogP contribution >= 0.6 is 0 Å². The molecule has 0 aromatic carbocycles. The number of nitrogens with zero attached hydrogens (tertiary/aromatic N) is 3. The Hall–Kier alpha value is -1.89. The predicted octanol–water partition coefficient (Wildman–Crippen LogP) is -1.56. The molecule has 1 aromatic rings. The van der Waals surface area contributed by atoms with Crippen LogP contribution in [0.15, 0.2) is 14.6 Å². The van der Waals surface area contributed by atoms with E-state index in [2.05, 4.69) is 10.3 Å². The lowest BCUT2D eigenvalue weighted by Crippen LogP contribution is -2.38. The highest BCUT2D eigenvalue weighted by atomic mass is 16.3. The Morgan fingerprint density at radius 3 is 2.71 bits per heavy atom. The largest absolute Gasteiger partial charge is 0.394 e. The van der Waals surface area contributed by atoms with Crippen molar-refractivity contribution < 1.29 is 5.11 Å². The smallest absolute Gasteiger partial charge is 0.332 e. The van der Waals surface area contributed by atoms with Gasteiger partial charge in [0.05, 0.1) is 18.7 Å². The van der Waals surface area contributed by atoms with E-state index in [1.54, 1.807) is 7.05 Å². The molecule has 0 unspecified atom stereocenters. The fourth-order valence-electron chi connectivity index (χ4n) is 1.86. The number of aliphatic hydroxyl groups is 1. The van der Waals surface area contributed by atoms with Crippen LogP contribution in [-0.2, 0) is 20.5 Å². The molecule has 0 saturated heterocycles. The molecule has 0 fully saturated rings. The number of rotatable bonds is 2. The Morgan fingerprint density at radius 1 is 1.35 bits per heavy atom. The van der Waals surface area contributed by atoms with Gasteiger partial charge in [0.1, 0.15) is 11.7 Å². The monoisotopic (exact) mass is 238 g/mol. The third-order valence-corrected chi connectivity index (χ3v) is 2.77. The topological polar surface area (TPSA) is 88.6 Å². The third kappa shape index (κ3) is 1.78. The Bertz CT molecular complexity index is 597. The first-order valence-corrected chi connectivity index (χ1v) is 5.26. The number of hydrogen-bond donors (Lipinski definition) is 2. The highest BCUT2D eigenvalue weighted by Gasteiger charge is 2.23. The molecule has 7 nitrogen and oxygen atoms in total. The maximum atomic E-state index is 11.9. The third-order valence-electron chi connectivity index (χ3n) is 2.77. The van der Waals surface area contributed by atoms with E-state index in [9.17, 15) is 9.59 Å². The first-order chi connectivity index (χ1) is 8.06. The van der Waals surface area contributed by atoms with Crippen molar-refractivity contribution in [2.75, 3.05) is 18.5 Å². The van der Waals surface area contributed by atoms with Gasteiger partial charge in [-0.2, -0.15) is 0 Å². The van der Waals surface area contributed by atoms with E-state index in [1.807, 2.05) is 0 Å². The SMILES string of the molecule is Cn1c2c(c(=O)n(C)c1=O)CC(=NCCO)N2. The molecule has 1 aliphatic heterocycles. The number of anilines is 1. The van der Waals surface area contributed by atoms with Crippen molar-refractivity contribution in [3.8, 4) is 0 Å². The van der Waals surface area contributed by atoms with Crippen LogP contribution in [0.3, 0.4) is 0 Å². The van der Waals surface area contributed by atoms with E-state index < -0.39 is 0 Å². The summed E-state index contributed by atoms with van der Waals surface area (Å²) in [5.41, 5.74) is -0.138. The maximum absolute atomic E-state index is 11.9. The van der Waals surface area contributed by atoms with Crippen molar-refractivity contribution in [1.82, 2.24) is 9.13 Å². The molecule has 0 saturated carbocycles. The lowest BCUT2D eigenvalue weighted by molar-refractivity contribution is 0.307. The van der Waals surface area contributed by atoms with Crippen molar-refractivity contribution in [3.63, 3.8) is 0 Å². The van der Waals surface area contributed by atoms with Crippen LogP contribution in [0.2, 0.25) is 0 Å². The number of aromatic nitrogens is 2. The molecule has 17 heavy (non-hydrogen) atoms. The number of nitrogens with one attached hydrogen (secondary N) is 1. The summed E-state index contributed by atoms with van der Waals surface area (Å²) in [4.78, 5) is 27.6. The molecule has 2 heterocycles. The normalized spacial score (nSPS) is 16.1. The summed E-state index contributed by atoms with van der Waals surface area (Å²) in [7, 11) is 3.05. The summed E-state index contributed by atoms with van der Waals surface area (Å²) in [5, 5.41) is 11.6. The molecular formula is C10H14N4O3. The van der Waals surface area contributed by atoms with E-state index in [0.29, 0.717) is 23.6 Å². The molecule has 2 N–H and O–H groups in total. The molecule has 1 aromatic heterocycles. The van der Waals surface area contributed by atoms with E-state index in [-0.39, 0.29) is 24.4 Å². The van der Waals surface area contributed by atoms with Crippen molar-refractivity contribution in [2.45, 2.75) is 6.42 Å². The Morgan fingerprint density at radius 2 is 2.06 bits per heavy atom.